The molecule has 0 amide bonds. The molecule has 0 aliphatic rings. The molecule has 0 aliphatic carbocycles. The molecular formula is C37H64O4. The molecule has 4 nitrogen and oxygen atoms in total. The number of ether oxygens (including phenoxy) is 1. The number of hydrogen-bond donors (Lipinski definition) is 1. The van der Waals surface area contributed by atoms with Crippen molar-refractivity contribution in [3.8, 4) is 0 Å². The molecule has 0 bridgehead atoms. The number of carboxylic acid groups (broad SMARTS) is 1. The lowest BCUT2D eigenvalue weighted by atomic mass is 10.1. The predicted molar refractivity (Wildman–Crippen MR) is 176 cm³/mol. The second-order valence-corrected chi connectivity index (χ2v) is 11.3. The Kier molecular flexibility index (Phi) is 30.8. The normalized spacial score (nSPS) is 12.8. The largest absolute Gasteiger partial charge is 0.481 e. The van der Waals surface area contributed by atoms with Crippen LogP contribution < -0.4 is 0 Å². The van der Waals surface area contributed by atoms with Crippen molar-refractivity contribution in [3.63, 3.8) is 0 Å². The van der Waals surface area contributed by atoms with E-state index in [2.05, 4.69) is 56.4 Å². The summed E-state index contributed by atoms with van der Waals surface area (Å²) in [5, 5.41) is 8.79. The molecule has 1 unspecified atom stereocenters. The highest BCUT2D eigenvalue weighted by atomic mass is 16.5. The van der Waals surface area contributed by atoms with Gasteiger partial charge in [0.15, 0.2) is 0 Å². The van der Waals surface area contributed by atoms with Crippen molar-refractivity contribution in [3.05, 3.63) is 48.6 Å². The Bertz CT molecular complexity index is 704. The van der Waals surface area contributed by atoms with Crippen molar-refractivity contribution in [2.45, 2.75) is 174 Å². The Hall–Kier alpha value is -2.10. The minimum absolute atomic E-state index is 0.0954. The highest BCUT2D eigenvalue weighted by Gasteiger charge is 2.11. The first-order valence-electron chi connectivity index (χ1n) is 17.1. The molecule has 1 N–H and O–H groups in total. The van der Waals surface area contributed by atoms with Gasteiger partial charge in [0.2, 0.25) is 0 Å². The van der Waals surface area contributed by atoms with E-state index in [1.54, 1.807) is 0 Å². The average molecular weight is 573 g/mol. The van der Waals surface area contributed by atoms with Gasteiger partial charge in [0.1, 0.15) is 6.10 Å². The molecule has 0 aliphatic heterocycles. The fourth-order valence-corrected chi connectivity index (χ4v) is 4.69. The minimum Gasteiger partial charge on any atom is -0.481 e. The summed E-state index contributed by atoms with van der Waals surface area (Å²) in [5.74, 6) is -0.826. The summed E-state index contributed by atoms with van der Waals surface area (Å²) in [4.78, 5) is 23.2. The summed E-state index contributed by atoms with van der Waals surface area (Å²) in [6.07, 6.45) is 42.7. The average Bonchev–Trinajstić information content (AvgIpc) is 2.95. The molecule has 0 spiro atoms. The van der Waals surface area contributed by atoms with Gasteiger partial charge in [-0.25, -0.2) is 0 Å². The molecule has 0 aromatic rings. The summed E-state index contributed by atoms with van der Waals surface area (Å²) in [7, 11) is 0. The second-order valence-electron chi connectivity index (χ2n) is 11.3. The summed E-state index contributed by atoms with van der Waals surface area (Å²) >= 11 is 0. The van der Waals surface area contributed by atoms with Crippen LogP contribution in [0.25, 0.3) is 0 Å². The maximum atomic E-state index is 12.5. The molecule has 0 saturated heterocycles. The van der Waals surface area contributed by atoms with Crippen molar-refractivity contribution >= 4 is 11.9 Å². The third-order valence-corrected chi connectivity index (χ3v) is 7.26. The van der Waals surface area contributed by atoms with Crippen LogP contribution in [0.4, 0.5) is 0 Å². The fraction of sp³-hybridized carbons (Fsp3) is 0.730. The molecule has 0 rings (SSSR count). The Morgan fingerprint density at radius 1 is 0.561 bits per heavy atom. The highest BCUT2D eigenvalue weighted by molar-refractivity contribution is 5.69. The molecule has 0 saturated carbocycles. The van der Waals surface area contributed by atoms with Gasteiger partial charge in [0.05, 0.1) is 0 Å². The van der Waals surface area contributed by atoms with E-state index in [0.717, 1.165) is 64.2 Å². The number of rotatable bonds is 30. The van der Waals surface area contributed by atoms with E-state index in [9.17, 15) is 9.59 Å². The van der Waals surface area contributed by atoms with Crippen molar-refractivity contribution in [2.75, 3.05) is 0 Å². The van der Waals surface area contributed by atoms with Gasteiger partial charge < -0.3 is 9.84 Å². The number of esters is 1. The van der Waals surface area contributed by atoms with E-state index >= 15 is 0 Å². The molecule has 236 valence electrons. The van der Waals surface area contributed by atoms with E-state index in [4.69, 9.17) is 9.84 Å². The van der Waals surface area contributed by atoms with Crippen LogP contribution in [0.3, 0.4) is 0 Å². The first kappa shape index (κ1) is 38.9. The lowest BCUT2D eigenvalue weighted by Gasteiger charge is -2.14. The number of unbranched alkanes of at least 4 members (excludes halogenated alkanes) is 15. The quantitative estimate of drug-likeness (QED) is 0.0528. The molecule has 0 aromatic heterocycles. The Balaban J connectivity index is 4.09. The fourth-order valence-electron chi connectivity index (χ4n) is 4.69. The Morgan fingerprint density at radius 2 is 1.02 bits per heavy atom. The van der Waals surface area contributed by atoms with Crippen molar-refractivity contribution in [1.82, 2.24) is 0 Å². The zero-order valence-corrected chi connectivity index (χ0v) is 26.8. The van der Waals surface area contributed by atoms with Crippen molar-refractivity contribution in [2.24, 2.45) is 0 Å². The third kappa shape index (κ3) is 32.3. The topological polar surface area (TPSA) is 63.6 Å². The van der Waals surface area contributed by atoms with Crippen molar-refractivity contribution < 1.29 is 19.4 Å². The molecule has 0 fully saturated rings. The first-order valence-corrected chi connectivity index (χ1v) is 17.1. The van der Waals surface area contributed by atoms with E-state index in [-0.39, 0.29) is 18.5 Å². The van der Waals surface area contributed by atoms with Gasteiger partial charge in [-0.3, -0.25) is 9.59 Å². The van der Waals surface area contributed by atoms with Crippen LogP contribution >= 0.6 is 0 Å². The Morgan fingerprint density at radius 3 is 1.63 bits per heavy atom. The van der Waals surface area contributed by atoms with Gasteiger partial charge in [-0.15, -0.1) is 0 Å². The minimum atomic E-state index is -0.730. The molecule has 0 aromatic carbocycles. The zero-order valence-electron chi connectivity index (χ0n) is 26.8. The van der Waals surface area contributed by atoms with Gasteiger partial charge in [-0.05, 0) is 83.1 Å². The van der Waals surface area contributed by atoms with Crippen molar-refractivity contribution in [1.29, 1.82) is 0 Å². The number of carbonyl (C=O) groups excluding carboxylic acids is 1. The van der Waals surface area contributed by atoms with E-state index < -0.39 is 5.97 Å². The van der Waals surface area contributed by atoms with Crippen LogP contribution in [0.1, 0.15) is 168 Å². The number of hydrogen-bond acceptors (Lipinski definition) is 3. The van der Waals surface area contributed by atoms with Gasteiger partial charge >= 0.3 is 11.9 Å². The maximum Gasteiger partial charge on any atom is 0.306 e. The lowest BCUT2D eigenvalue weighted by Crippen LogP contribution is -2.16. The lowest BCUT2D eigenvalue weighted by molar-refractivity contribution is -0.147. The second kappa shape index (κ2) is 32.4. The van der Waals surface area contributed by atoms with Crippen LogP contribution in [0.5, 0.6) is 0 Å². The summed E-state index contributed by atoms with van der Waals surface area (Å²) in [6.45, 7) is 4.47. The number of allylic oxidation sites excluding steroid dienone is 7. The predicted octanol–water partition coefficient (Wildman–Crippen LogP) is 11.6. The number of aliphatic carboxylic acids is 1. The summed E-state index contributed by atoms with van der Waals surface area (Å²) < 4.78 is 5.82. The van der Waals surface area contributed by atoms with E-state index in [1.165, 1.54) is 70.6 Å². The van der Waals surface area contributed by atoms with Crippen LogP contribution in [-0.2, 0) is 14.3 Å². The first-order chi connectivity index (χ1) is 20.1. The number of carbonyl (C=O) groups is 2. The molecule has 4 heteroatoms. The smallest absolute Gasteiger partial charge is 0.306 e. The Labute approximate surface area is 253 Å². The monoisotopic (exact) mass is 572 g/mol. The molecule has 1 atom stereocenters. The van der Waals surface area contributed by atoms with E-state index in [1.807, 2.05) is 6.08 Å². The van der Waals surface area contributed by atoms with Crippen LogP contribution in [0.15, 0.2) is 48.6 Å². The van der Waals surface area contributed by atoms with Gasteiger partial charge in [-0.1, -0.05) is 121 Å². The molecule has 0 heterocycles. The summed E-state index contributed by atoms with van der Waals surface area (Å²) in [6, 6.07) is 0. The van der Waals surface area contributed by atoms with Crippen LogP contribution in [0, 0.1) is 0 Å². The van der Waals surface area contributed by atoms with Gasteiger partial charge in [-0.2, -0.15) is 0 Å². The molecule has 41 heavy (non-hydrogen) atoms. The van der Waals surface area contributed by atoms with Gasteiger partial charge in [0.25, 0.3) is 0 Å². The molecular weight excluding hydrogens is 508 g/mol. The van der Waals surface area contributed by atoms with Gasteiger partial charge in [0, 0.05) is 12.8 Å². The third-order valence-electron chi connectivity index (χ3n) is 7.26. The highest BCUT2D eigenvalue weighted by Crippen LogP contribution is 2.14. The summed E-state index contributed by atoms with van der Waals surface area (Å²) in [5.41, 5.74) is 0. The SMILES string of the molecule is CCCCC/C=C\C/C=C\C(CCCCCCC(=O)O)OC(=O)CCCCCCC/C=C\C/C=C\CCCCCC. The van der Waals surface area contributed by atoms with Crippen LogP contribution in [0.2, 0.25) is 0 Å². The standard InChI is InChI=1S/C37H64O4/c1-3-5-7-9-11-13-14-15-16-17-18-19-20-22-24-30-34-37(40)41-35(32-28-25-26-29-33-36(38)39)31-27-23-21-12-10-8-6-4-2/h12-14,16-17,21,27,31,35H,3-11,15,18-20,22-26,28-30,32-34H2,1-2H3,(H,38,39)/b14-13-,17-16-,21-12-,31-27-. The van der Waals surface area contributed by atoms with Crippen LogP contribution in [-0.4, -0.2) is 23.1 Å². The number of carboxylic acids is 1. The van der Waals surface area contributed by atoms with E-state index in [0.29, 0.717) is 12.8 Å². The molecule has 0 radical (unpaired) electrons. The zero-order chi connectivity index (χ0) is 30.1. The maximum absolute atomic E-state index is 12.5.